The summed E-state index contributed by atoms with van der Waals surface area (Å²) in [5, 5.41) is 12.0. The molecule has 1 aromatic carbocycles. The first kappa shape index (κ1) is 16.0. The highest BCUT2D eigenvalue weighted by Gasteiger charge is 2.20. The van der Waals surface area contributed by atoms with Gasteiger partial charge in [0, 0.05) is 11.3 Å². The summed E-state index contributed by atoms with van der Waals surface area (Å²) in [7, 11) is 0. The third-order valence-corrected chi connectivity index (χ3v) is 4.83. The standard InChI is InChI=1S/C16H13Cl2NOS/c17-14-7-6-11(9-15(14)18)13(10-19)16(20)5-1-3-12-4-2-8-21-12/h2,4,6-9,13H,1,3,5H2. The predicted molar refractivity (Wildman–Crippen MR) is 87.1 cm³/mol. The Morgan fingerprint density at radius 1 is 1.29 bits per heavy atom. The van der Waals surface area contributed by atoms with Crippen molar-refractivity contribution >= 4 is 40.3 Å². The summed E-state index contributed by atoms with van der Waals surface area (Å²) in [5.74, 6) is -0.851. The Labute approximate surface area is 137 Å². The number of hydrogen-bond acceptors (Lipinski definition) is 3. The molecule has 2 nitrogen and oxygen atoms in total. The molecule has 21 heavy (non-hydrogen) atoms. The number of nitriles is 1. The van der Waals surface area contributed by atoms with Crippen molar-refractivity contribution in [3.63, 3.8) is 0 Å². The number of halogens is 2. The van der Waals surface area contributed by atoms with E-state index in [4.69, 9.17) is 23.2 Å². The van der Waals surface area contributed by atoms with Gasteiger partial charge in [-0.25, -0.2) is 0 Å². The summed E-state index contributed by atoms with van der Waals surface area (Å²) in [6.45, 7) is 0. The zero-order chi connectivity index (χ0) is 15.2. The largest absolute Gasteiger partial charge is 0.298 e. The van der Waals surface area contributed by atoms with Crippen LogP contribution in [0.3, 0.4) is 0 Å². The SMILES string of the molecule is N#CC(C(=O)CCCc1cccs1)c1ccc(Cl)c(Cl)c1. The second-order valence-corrected chi connectivity index (χ2v) is 6.48. The first-order chi connectivity index (χ1) is 10.1. The lowest BCUT2D eigenvalue weighted by Crippen LogP contribution is -2.11. The van der Waals surface area contributed by atoms with Crippen molar-refractivity contribution in [2.45, 2.75) is 25.2 Å². The topological polar surface area (TPSA) is 40.9 Å². The summed E-state index contributed by atoms with van der Waals surface area (Å²) < 4.78 is 0. The molecule has 1 aromatic heterocycles. The maximum absolute atomic E-state index is 12.2. The van der Waals surface area contributed by atoms with Crippen LogP contribution in [0.4, 0.5) is 0 Å². The van der Waals surface area contributed by atoms with Crippen LogP contribution >= 0.6 is 34.5 Å². The Balaban J connectivity index is 1.98. The van der Waals surface area contributed by atoms with Crippen molar-refractivity contribution in [2.24, 2.45) is 0 Å². The predicted octanol–water partition coefficient (Wildman–Crippen LogP) is 5.25. The molecule has 0 aliphatic rings. The van der Waals surface area contributed by atoms with Gasteiger partial charge in [0.15, 0.2) is 5.78 Å². The van der Waals surface area contributed by atoms with E-state index in [-0.39, 0.29) is 5.78 Å². The van der Waals surface area contributed by atoms with Gasteiger partial charge in [-0.1, -0.05) is 35.3 Å². The molecule has 0 aliphatic carbocycles. The lowest BCUT2D eigenvalue weighted by Gasteiger charge is -2.09. The summed E-state index contributed by atoms with van der Waals surface area (Å²) in [5.41, 5.74) is 0.605. The Hall–Kier alpha value is -1.34. The average molecular weight is 338 g/mol. The summed E-state index contributed by atoms with van der Waals surface area (Å²) in [6, 6.07) is 11.0. The van der Waals surface area contributed by atoms with Crippen molar-refractivity contribution in [3.05, 3.63) is 56.2 Å². The van der Waals surface area contributed by atoms with Crippen LogP contribution in [0.2, 0.25) is 10.0 Å². The quantitative estimate of drug-likeness (QED) is 0.721. The van der Waals surface area contributed by atoms with Gasteiger partial charge in [0.1, 0.15) is 5.92 Å². The van der Waals surface area contributed by atoms with Crippen molar-refractivity contribution in [3.8, 4) is 6.07 Å². The summed E-state index contributed by atoms with van der Waals surface area (Å²) in [6.07, 6.45) is 2.00. The molecule has 0 fully saturated rings. The monoisotopic (exact) mass is 337 g/mol. The molecule has 108 valence electrons. The molecular formula is C16H13Cl2NOS. The third kappa shape index (κ3) is 4.31. The highest BCUT2D eigenvalue weighted by atomic mass is 35.5. The fraction of sp³-hybridized carbons (Fsp3) is 0.250. The molecule has 0 saturated heterocycles. The van der Waals surface area contributed by atoms with Gasteiger partial charge in [-0.05, 0) is 42.0 Å². The van der Waals surface area contributed by atoms with E-state index in [2.05, 4.69) is 12.1 Å². The van der Waals surface area contributed by atoms with Crippen molar-refractivity contribution < 1.29 is 4.79 Å². The van der Waals surface area contributed by atoms with E-state index in [1.807, 2.05) is 11.4 Å². The lowest BCUT2D eigenvalue weighted by molar-refractivity contribution is -0.119. The van der Waals surface area contributed by atoms with Gasteiger partial charge in [0.25, 0.3) is 0 Å². The number of carbonyl (C=O) groups is 1. The summed E-state index contributed by atoms with van der Waals surface area (Å²) in [4.78, 5) is 13.5. The Kier molecular flexibility index (Phi) is 5.81. The highest BCUT2D eigenvalue weighted by molar-refractivity contribution is 7.09. The molecule has 0 radical (unpaired) electrons. The normalized spacial score (nSPS) is 11.9. The van der Waals surface area contributed by atoms with Gasteiger partial charge in [-0.2, -0.15) is 5.26 Å². The molecule has 0 bridgehead atoms. The Bertz CT molecular complexity index is 661. The molecule has 2 rings (SSSR count). The van der Waals surface area contributed by atoms with E-state index in [1.165, 1.54) is 4.88 Å². The minimum atomic E-state index is -0.775. The molecule has 1 unspecified atom stereocenters. The van der Waals surface area contributed by atoms with Crippen LogP contribution in [-0.2, 0) is 11.2 Å². The number of benzene rings is 1. The number of nitrogens with zero attached hydrogens (tertiary/aromatic N) is 1. The van der Waals surface area contributed by atoms with Gasteiger partial charge in [0.2, 0.25) is 0 Å². The van der Waals surface area contributed by atoms with E-state index in [1.54, 1.807) is 29.5 Å². The van der Waals surface area contributed by atoms with E-state index in [9.17, 15) is 10.1 Å². The molecule has 0 aliphatic heterocycles. The zero-order valence-corrected chi connectivity index (χ0v) is 13.5. The number of Topliss-reactive ketones (excluding diaryl/α,β-unsaturated/α-hetero) is 1. The Morgan fingerprint density at radius 2 is 2.10 bits per heavy atom. The van der Waals surface area contributed by atoms with Crippen LogP contribution in [0.5, 0.6) is 0 Å². The van der Waals surface area contributed by atoms with Crippen molar-refractivity contribution in [1.82, 2.24) is 0 Å². The fourth-order valence-electron chi connectivity index (χ4n) is 2.06. The number of carbonyl (C=O) groups excluding carboxylic acids is 1. The van der Waals surface area contributed by atoms with Gasteiger partial charge < -0.3 is 0 Å². The van der Waals surface area contributed by atoms with Gasteiger partial charge >= 0.3 is 0 Å². The second kappa shape index (κ2) is 7.61. The van der Waals surface area contributed by atoms with Crippen LogP contribution < -0.4 is 0 Å². The van der Waals surface area contributed by atoms with Gasteiger partial charge in [-0.15, -0.1) is 11.3 Å². The summed E-state index contributed by atoms with van der Waals surface area (Å²) >= 11 is 13.5. The molecule has 2 aromatic rings. The molecule has 0 amide bonds. The smallest absolute Gasteiger partial charge is 0.154 e. The lowest BCUT2D eigenvalue weighted by atomic mass is 9.93. The van der Waals surface area contributed by atoms with E-state index in [0.29, 0.717) is 22.0 Å². The molecule has 1 heterocycles. The van der Waals surface area contributed by atoms with E-state index >= 15 is 0 Å². The molecule has 0 N–H and O–H groups in total. The van der Waals surface area contributed by atoms with Crippen LogP contribution in [0, 0.1) is 11.3 Å². The Morgan fingerprint density at radius 3 is 2.71 bits per heavy atom. The second-order valence-electron chi connectivity index (χ2n) is 4.63. The third-order valence-electron chi connectivity index (χ3n) is 3.15. The molecular weight excluding hydrogens is 325 g/mol. The van der Waals surface area contributed by atoms with E-state index in [0.717, 1.165) is 12.8 Å². The first-order valence-corrected chi connectivity index (χ1v) is 8.15. The van der Waals surface area contributed by atoms with Crippen molar-refractivity contribution in [2.75, 3.05) is 0 Å². The number of aryl methyl sites for hydroxylation is 1. The molecule has 5 heteroatoms. The maximum atomic E-state index is 12.2. The average Bonchev–Trinajstić information content (AvgIpc) is 2.97. The number of rotatable bonds is 6. The fourth-order valence-corrected chi connectivity index (χ4v) is 3.12. The van der Waals surface area contributed by atoms with Crippen LogP contribution in [0.25, 0.3) is 0 Å². The van der Waals surface area contributed by atoms with Gasteiger partial charge in [0.05, 0.1) is 16.1 Å². The molecule has 1 atom stereocenters. The molecule has 0 saturated carbocycles. The number of ketones is 1. The van der Waals surface area contributed by atoms with Crippen LogP contribution in [0.1, 0.15) is 29.2 Å². The first-order valence-electron chi connectivity index (χ1n) is 6.51. The highest BCUT2D eigenvalue weighted by Crippen LogP contribution is 2.27. The minimum Gasteiger partial charge on any atom is -0.298 e. The molecule has 0 spiro atoms. The van der Waals surface area contributed by atoms with Crippen LogP contribution in [-0.4, -0.2) is 5.78 Å². The minimum absolute atomic E-state index is 0.0764. The number of thiophene rings is 1. The van der Waals surface area contributed by atoms with E-state index < -0.39 is 5.92 Å². The van der Waals surface area contributed by atoms with Crippen LogP contribution in [0.15, 0.2) is 35.7 Å². The van der Waals surface area contributed by atoms with Crippen molar-refractivity contribution in [1.29, 1.82) is 5.26 Å². The van der Waals surface area contributed by atoms with Gasteiger partial charge in [-0.3, -0.25) is 4.79 Å². The zero-order valence-electron chi connectivity index (χ0n) is 11.2. The number of hydrogen-bond donors (Lipinski definition) is 0. The maximum Gasteiger partial charge on any atom is 0.154 e.